The minimum absolute atomic E-state index is 0.695. The third-order valence-corrected chi connectivity index (χ3v) is 0.948. The molecular formula is C5H10F2N2O2. The molecule has 0 aliphatic heterocycles. The lowest BCUT2D eigenvalue weighted by Crippen LogP contribution is -2.40. The van der Waals surface area contributed by atoms with Gasteiger partial charge in [0.05, 0.1) is 0 Å². The second-order valence-electron chi connectivity index (χ2n) is 2.32. The Morgan fingerprint density at radius 1 is 1.82 bits per heavy atom. The van der Waals surface area contributed by atoms with E-state index in [9.17, 15) is 13.6 Å². The zero-order valence-corrected chi connectivity index (χ0v) is 5.97. The van der Waals surface area contributed by atoms with Crippen molar-refractivity contribution >= 4 is 6.09 Å². The zero-order valence-electron chi connectivity index (χ0n) is 5.97. The van der Waals surface area contributed by atoms with Crippen LogP contribution in [0.25, 0.3) is 0 Å². The van der Waals surface area contributed by atoms with Gasteiger partial charge in [0.1, 0.15) is 0 Å². The van der Waals surface area contributed by atoms with Crippen LogP contribution in [0.3, 0.4) is 0 Å². The van der Waals surface area contributed by atoms with Crippen molar-refractivity contribution in [1.29, 1.82) is 0 Å². The number of nitrogens with one attached hydrogen (secondary N) is 1. The van der Waals surface area contributed by atoms with Gasteiger partial charge in [0, 0.05) is 12.5 Å². The molecule has 0 aliphatic rings. The lowest BCUT2D eigenvalue weighted by molar-refractivity contribution is -0.00810. The third-order valence-electron chi connectivity index (χ3n) is 0.948. The zero-order chi connectivity index (χ0) is 9.07. The summed E-state index contributed by atoms with van der Waals surface area (Å²) in [5.74, 6) is 0. The van der Waals surface area contributed by atoms with Crippen LogP contribution in [0.1, 0.15) is 13.3 Å². The van der Waals surface area contributed by atoms with E-state index in [0.29, 0.717) is 0 Å². The fraction of sp³-hybridized carbons (Fsp3) is 0.800. The van der Waals surface area contributed by atoms with E-state index in [4.69, 9.17) is 5.11 Å². The standard InChI is InChI=1S/C5H10F2N2O2/c1-3(9-4(10)11)2-5(6,7)8/h3,9H,2,8H2,1H3,(H,10,11). The van der Waals surface area contributed by atoms with Crippen molar-refractivity contribution in [3.63, 3.8) is 0 Å². The minimum Gasteiger partial charge on any atom is -0.465 e. The predicted molar refractivity (Wildman–Crippen MR) is 34.4 cm³/mol. The van der Waals surface area contributed by atoms with Gasteiger partial charge in [-0.15, -0.1) is 0 Å². The molecule has 11 heavy (non-hydrogen) atoms. The van der Waals surface area contributed by atoms with E-state index < -0.39 is 24.6 Å². The van der Waals surface area contributed by atoms with Crippen molar-refractivity contribution in [2.75, 3.05) is 0 Å². The lowest BCUT2D eigenvalue weighted by Gasteiger charge is -2.15. The number of nitrogens with two attached hydrogens (primary N) is 1. The van der Waals surface area contributed by atoms with Crippen LogP contribution >= 0.6 is 0 Å². The largest absolute Gasteiger partial charge is 0.465 e. The summed E-state index contributed by atoms with van der Waals surface area (Å²) in [7, 11) is 0. The highest BCUT2D eigenvalue weighted by atomic mass is 19.3. The van der Waals surface area contributed by atoms with Gasteiger partial charge in [0.2, 0.25) is 0 Å². The molecular weight excluding hydrogens is 158 g/mol. The summed E-state index contributed by atoms with van der Waals surface area (Å²) >= 11 is 0. The molecule has 0 aliphatic carbocycles. The number of amides is 1. The summed E-state index contributed by atoms with van der Waals surface area (Å²) in [5, 5.41) is 9.94. The molecule has 4 nitrogen and oxygen atoms in total. The Balaban J connectivity index is 3.69. The van der Waals surface area contributed by atoms with Crippen molar-refractivity contribution in [1.82, 2.24) is 5.32 Å². The number of halogens is 2. The Kier molecular flexibility index (Phi) is 3.18. The monoisotopic (exact) mass is 168 g/mol. The summed E-state index contributed by atoms with van der Waals surface area (Å²) in [5.41, 5.74) is 4.35. The number of carbonyl (C=O) groups is 1. The SMILES string of the molecule is CC(CC(N)(F)F)NC(=O)O. The highest BCUT2D eigenvalue weighted by molar-refractivity contribution is 5.64. The molecule has 0 saturated carbocycles. The molecule has 0 saturated heterocycles. The lowest BCUT2D eigenvalue weighted by atomic mass is 10.2. The molecule has 0 rings (SSSR count). The summed E-state index contributed by atoms with van der Waals surface area (Å²) in [6, 6.07) is -4.16. The van der Waals surface area contributed by atoms with Crippen LogP contribution in [-0.2, 0) is 0 Å². The maximum atomic E-state index is 12.0. The normalized spacial score (nSPS) is 14.2. The molecule has 1 atom stereocenters. The summed E-state index contributed by atoms with van der Waals surface area (Å²) < 4.78 is 23.9. The molecule has 4 N–H and O–H groups in total. The van der Waals surface area contributed by atoms with E-state index in [-0.39, 0.29) is 0 Å². The van der Waals surface area contributed by atoms with Gasteiger partial charge >= 0.3 is 12.1 Å². The second-order valence-corrected chi connectivity index (χ2v) is 2.32. The molecule has 0 spiro atoms. The van der Waals surface area contributed by atoms with E-state index >= 15 is 0 Å². The van der Waals surface area contributed by atoms with E-state index in [1.54, 1.807) is 0 Å². The number of rotatable bonds is 3. The van der Waals surface area contributed by atoms with Gasteiger partial charge in [0.15, 0.2) is 0 Å². The average Bonchev–Trinajstić information content (AvgIpc) is 1.53. The maximum absolute atomic E-state index is 12.0. The maximum Gasteiger partial charge on any atom is 0.404 e. The first-order valence-corrected chi connectivity index (χ1v) is 2.97. The fourth-order valence-corrected chi connectivity index (χ4v) is 0.670. The van der Waals surface area contributed by atoms with Crippen LogP contribution < -0.4 is 11.1 Å². The van der Waals surface area contributed by atoms with Crippen LogP contribution in [0.2, 0.25) is 0 Å². The third kappa shape index (κ3) is 6.98. The first kappa shape index (κ1) is 10.1. The first-order chi connectivity index (χ1) is 4.81. The van der Waals surface area contributed by atoms with Crippen LogP contribution in [-0.4, -0.2) is 23.3 Å². The average molecular weight is 168 g/mol. The van der Waals surface area contributed by atoms with Crippen LogP contribution in [0, 0.1) is 0 Å². The van der Waals surface area contributed by atoms with Gasteiger partial charge in [-0.05, 0) is 6.92 Å². The van der Waals surface area contributed by atoms with Crippen molar-refractivity contribution in [2.45, 2.75) is 25.4 Å². The molecule has 0 heterocycles. The minimum atomic E-state index is -3.32. The molecule has 66 valence electrons. The van der Waals surface area contributed by atoms with Crippen molar-refractivity contribution < 1.29 is 18.7 Å². The van der Waals surface area contributed by atoms with Gasteiger partial charge < -0.3 is 10.4 Å². The second kappa shape index (κ2) is 3.47. The summed E-state index contributed by atoms with van der Waals surface area (Å²) in [6.45, 7) is 1.31. The molecule has 6 heteroatoms. The molecule has 1 amide bonds. The molecule has 0 bridgehead atoms. The predicted octanol–water partition coefficient (Wildman–Crippen LogP) is 0.584. The van der Waals surface area contributed by atoms with Gasteiger partial charge in [-0.25, -0.2) is 4.79 Å². The van der Waals surface area contributed by atoms with Crippen molar-refractivity contribution in [2.24, 2.45) is 5.73 Å². The van der Waals surface area contributed by atoms with Crippen LogP contribution in [0.4, 0.5) is 13.6 Å². The van der Waals surface area contributed by atoms with Crippen LogP contribution in [0.5, 0.6) is 0 Å². The Labute approximate surface area is 62.4 Å². The molecule has 0 fully saturated rings. The van der Waals surface area contributed by atoms with Gasteiger partial charge in [-0.2, -0.15) is 8.78 Å². The Morgan fingerprint density at radius 2 is 2.27 bits per heavy atom. The Morgan fingerprint density at radius 3 is 2.55 bits per heavy atom. The quantitative estimate of drug-likeness (QED) is 0.539. The molecule has 0 aromatic carbocycles. The van der Waals surface area contributed by atoms with Gasteiger partial charge in [-0.3, -0.25) is 5.73 Å². The number of hydrogen-bond donors (Lipinski definition) is 3. The molecule has 0 aromatic rings. The number of alkyl halides is 2. The Hall–Kier alpha value is -0.910. The fourth-order valence-electron chi connectivity index (χ4n) is 0.670. The Bertz CT molecular complexity index is 146. The van der Waals surface area contributed by atoms with Gasteiger partial charge in [0.25, 0.3) is 0 Å². The van der Waals surface area contributed by atoms with Crippen molar-refractivity contribution in [3.8, 4) is 0 Å². The number of hydrogen-bond acceptors (Lipinski definition) is 2. The van der Waals surface area contributed by atoms with E-state index in [1.165, 1.54) is 6.92 Å². The summed E-state index contributed by atoms with van der Waals surface area (Å²) in [4.78, 5) is 9.90. The highest BCUT2D eigenvalue weighted by Gasteiger charge is 2.25. The highest BCUT2D eigenvalue weighted by Crippen LogP contribution is 2.12. The smallest absolute Gasteiger partial charge is 0.404 e. The first-order valence-electron chi connectivity index (χ1n) is 2.97. The molecule has 1 unspecified atom stereocenters. The van der Waals surface area contributed by atoms with E-state index in [0.717, 1.165) is 0 Å². The summed E-state index contributed by atoms with van der Waals surface area (Å²) in [6.07, 6.45) is -2.03. The van der Waals surface area contributed by atoms with Crippen molar-refractivity contribution in [3.05, 3.63) is 0 Å². The van der Waals surface area contributed by atoms with E-state index in [1.807, 2.05) is 5.32 Å². The topological polar surface area (TPSA) is 75.3 Å². The number of carboxylic acid groups (broad SMARTS) is 1. The van der Waals surface area contributed by atoms with E-state index in [2.05, 4.69) is 5.73 Å². The van der Waals surface area contributed by atoms with Gasteiger partial charge in [-0.1, -0.05) is 0 Å². The van der Waals surface area contributed by atoms with Crippen LogP contribution in [0.15, 0.2) is 0 Å². The molecule has 0 aromatic heterocycles. The molecule has 0 radical (unpaired) electrons.